The Labute approximate surface area is 181 Å². The molecular formula is C24H19F3N2O3. The van der Waals surface area contributed by atoms with E-state index in [0.29, 0.717) is 35.2 Å². The molecule has 2 aromatic carbocycles. The minimum absolute atomic E-state index is 0.0760. The van der Waals surface area contributed by atoms with Gasteiger partial charge in [0.05, 0.1) is 24.0 Å². The average Bonchev–Trinajstić information content (AvgIpc) is 3.38. The van der Waals surface area contributed by atoms with Crippen LogP contribution in [0.15, 0.2) is 59.2 Å². The van der Waals surface area contributed by atoms with Crippen molar-refractivity contribution in [1.82, 2.24) is 10.3 Å². The maximum absolute atomic E-state index is 14.4. The Bertz CT molecular complexity index is 1260. The monoisotopic (exact) mass is 440 g/mol. The summed E-state index contributed by atoms with van der Waals surface area (Å²) in [5.41, 5.74) is 2.20. The molecule has 1 aliphatic carbocycles. The van der Waals surface area contributed by atoms with Gasteiger partial charge in [-0.3, -0.25) is 0 Å². The molecule has 1 amide bonds. The van der Waals surface area contributed by atoms with Crippen LogP contribution in [0, 0.1) is 17.5 Å². The van der Waals surface area contributed by atoms with Crippen LogP contribution >= 0.6 is 0 Å². The summed E-state index contributed by atoms with van der Waals surface area (Å²) < 4.78 is 52.4. The van der Waals surface area contributed by atoms with E-state index < -0.39 is 17.7 Å². The van der Waals surface area contributed by atoms with Gasteiger partial charge in [0, 0.05) is 11.5 Å². The number of H-pyrrole nitrogens is 1. The van der Waals surface area contributed by atoms with Gasteiger partial charge in [0.2, 0.25) is 0 Å². The Balaban J connectivity index is 1.36. The molecule has 0 spiro atoms. The van der Waals surface area contributed by atoms with Gasteiger partial charge in [0.15, 0.2) is 0 Å². The van der Waals surface area contributed by atoms with E-state index in [9.17, 15) is 18.0 Å². The van der Waals surface area contributed by atoms with E-state index in [1.807, 2.05) is 0 Å². The molecule has 2 heterocycles. The summed E-state index contributed by atoms with van der Waals surface area (Å²) in [6.07, 6.45) is 1.66. The quantitative estimate of drug-likeness (QED) is 0.399. The Morgan fingerprint density at radius 1 is 1.09 bits per heavy atom. The van der Waals surface area contributed by atoms with Crippen LogP contribution in [0.1, 0.15) is 30.1 Å². The van der Waals surface area contributed by atoms with E-state index in [-0.39, 0.29) is 29.9 Å². The van der Waals surface area contributed by atoms with Crippen LogP contribution in [0.4, 0.5) is 18.0 Å². The van der Waals surface area contributed by atoms with E-state index in [0.717, 1.165) is 11.6 Å². The minimum atomic E-state index is -0.695. The Hall–Kier alpha value is -3.68. The number of benzene rings is 2. The van der Waals surface area contributed by atoms with Gasteiger partial charge in [-0.2, -0.15) is 0 Å². The highest BCUT2D eigenvalue weighted by Crippen LogP contribution is 2.46. The third-order valence-electron chi connectivity index (χ3n) is 5.76. The highest BCUT2D eigenvalue weighted by atomic mass is 19.1. The molecule has 1 fully saturated rings. The molecule has 5 nitrogen and oxygen atoms in total. The lowest BCUT2D eigenvalue weighted by Gasteiger charge is -2.35. The Morgan fingerprint density at radius 3 is 2.59 bits per heavy atom. The molecule has 0 aliphatic heterocycles. The van der Waals surface area contributed by atoms with Crippen molar-refractivity contribution >= 4 is 17.0 Å². The zero-order valence-electron chi connectivity index (χ0n) is 16.8. The molecule has 8 heteroatoms. The smallest absolute Gasteiger partial charge is 0.407 e. The van der Waals surface area contributed by atoms with E-state index in [1.54, 1.807) is 24.3 Å². The average molecular weight is 440 g/mol. The third kappa shape index (κ3) is 3.84. The molecule has 2 aromatic heterocycles. The standard InChI is InChI=1S/C24H19F3N2O3/c25-15-5-3-13(4-6-15)22-21(19-10-16(26)11-20(27)23(19)29-22)14-8-18(9-14)32-24(30)28-12-17-2-1-7-31-17/h1-7,10-11,14,18,29H,8-9,12H2,(H,28,30). The molecule has 32 heavy (non-hydrogen) atoms. The fraction of sp³-hybridized carbons (Fsp3) is 0.208. The molecule has 164 valence electrons. The maximum atomic E-state index is 14.4. The lowest BCUT2D eigenvalue weighted by molar-refractivity contribution is 0.0393. The SMILES string of the molecule is O=C(NCc1ccco1)OC1CC(c2c(-c3ccc(F)cc3)[nH]c3c(F)cc(F)cc23)C1. The van der Waals surface area contributed by atoms with Crippen LogP contribution in [0.2, 0.25) is 0 Å². The summed E-state index contributed by atoms with van der Waals surface area (Å²) in [5.74, 6) is -1.22. The summed E-state index contributed by atoms with van der Waals surface area (Å²) in [5, 5.41) is 3.06. The number of nitrogens with one attached hydrogen (secondary N) is 2. The first-order valence-electron chi connectivity index (χ1n) is 10.2. The van der Waals surface area contributed by atoms with Crippen molar-refractivity contribution in [2.75, 3.05) is 0 Å². The first-order valence-corrected chi connectivity index (χ1v) is 10.2. The van der Waals surface area contributed by atoms with Crippen LogP contribution in [-0.4, -0.2) is 17.2 Å². The fourth-order valence-corrected chi connectivity index (χ4v) is 4.17. The number of aromatic nitrogens is 1. The lowest BCUT2D eigenvalue weighted by Crippen LogP contribution is -2.36. The predicted molar refractivity (Wildman–Crippen MR) is 111 cm³/mol. The molecule has 0 saturated heterocycles. The molecule has 1 saturated carbocycles. The molecule has 0 atom stereocenters. The van der Waals surface area contributed by atoms with Crippen molar-refractivity contribution in [3.8, 4) is 11.3 Å². The van der Waals surface area contributed by atoms with Gasteiger partial charge in [-0.15, -0.1) is 0 Å². The third-order valence-corrected chi connectivity index (χ3v) is 5.76. The van der Waals surface area contributed by atoms with E-state index >= 15 is 0 Å². The normalized spacial score (nSPS) is 17.8. The number of furan rings is 1. The van der Waals surface area contributed by atoms with Gasteiger partial charge in [-0.1, -0.05) is 0 Å². The number of alkyl carbamates (subject to hydrolysis) is 1. The van der Waals surface area contributed by atoms with Crippen molar-refractivity contribution in [2.24, 2.45) is 0 Å². The van der Waals surface area contributed by atoms with Crippen LogP contribution in [0.5, 0.6) is 0 Å². The maximum Gasteiger partial charge on any atom is 0.407 e. The molecule has 4 aromatic rings. The minimum Gasteiger partial charge on any atom is -0.467 e. The second kappa shape index (κ2) is 8.11. The Kier molecular flexibility index (Phi) is 5.13. The highest BCUT2D eigenvalue weighted by Gasteiger charge is 2.37. The van der Waals surface area contributed by atoms with Gasteiger partial charge in [0.25, 0.3) is 0 Å². The fourth-order valence-electron chi connectivity index (χ4n) is 4.17. The predicted octanol–water partition coefficient (Wildman–Crippen LogP) is 6.02. The molecule has 5 rings (SSSR count). The number of carbonyl (C=O) groups is 1. The molecule has 2 N–H and O–H groups in total. The number of halogens is 3. The number of rotatable bonds is 5. The van der Waals surface area contributed by atoms with Gasteiger partial charge in [-0.25, -0.2) is 18.0 Å². The van der Waals surface area contributed by atoms with E-state index in [4.69, 9.17) is 9.15 Å². The topological polar surface area (TPSA) is 67.3 Å². The number of ether oxygens (including phenoxy) is 1. The summed E-state index contributed by atoms with van der Waals surface area (Å²) in [6, 6.07) is 11.4. The van der Waals surface area contributed by atoms with E-state index in [1.165, 1.54) is 24.5 Å². The summed E-state index contributed by atoms with van der Waals surface area (Å²) in [4.78, 5) is 15.1. The van der Waals surface area contributed by atoms with E-state index in [2.05, 4.69) is 10.3 Å². The van der Waals surface area contributed by atoms with Crippen molar-refractivity contribution < 1.29 is 27.1 Å². The molecule has 0 bridgehead atoms. The van der Waals surface area contributed by atoms with Gasteiger partial charge < -0.3 is 19.5 Å². The van der Waals surface area contributed by atoms with Crippen molar-refractivity contribution in [2.45, 2.75) is 31.4 Å². The number of amides is 1. The lowest BCUT2D eigenvalue weighted by atomic mass is 9.75. The van der Waals surface area contributed by atoms with Crippen LogP contribution in [0.25, 0.3) is 22.2 Å². The molecule has 1 aliphatic rings. The number of aromatic amines is 1. The molecule has 0 radical (unpaired) electrons. The van der Waals surface area contributed by atoms with Gasteiger partial charge >= 0.3 is 6.09 Å². The first kappa shape index (κ1) is 20.2. The van der Waals surface area contributed by atoms with Gasteiger partial charge in [-0.05, 0) is 72.4 Å². The number of carbonyl (C=O) groups excluding carboxylic acids is 1. The van der Waals surface area contributed by atoms with Crippen molar-refractivity contribution in [3.05, 3.63) is 83.6 Å². The van der Waals surface area contributed by atoms with Crippen LogP contribution in [-0.2, 0) is 11.3 Å². The number of fused-ring (bicyclic) bond motifs is 1. The summed E-state index contributed by atoms with van der Waals surface area (Å²) >= 11 is 0. The molecular weight excluding hydrogens is 421 g/mol. The highest BCUT2D eigenvalue weighted by molar-refractivity contribution is 5.92. The van der Waals surface area contributed by atoms with Crippen molar-refractivity contribution in [1.29, 1.82) is 0 Å². The largest absolute Gasteiger partial charge is 0.467 e. The summed E-state index contributed by atoms with van der Waals surface area (Å²) in [6.45, 7) is 0.220. The Morgan fingerprint density at radius 2 is 1.88 bits per heavy atom. The first-order chi connectivity index (χ1) is 15.5. The second-order valence-electron chi connectivity index (χ2n) is 7.86. The van der Waals surface area contributed by atoms with Gasteiger partial charge in [0.1, 0.15) is 29.3 Å². The van der Waals surface area contributed by atoms with Crippen LogP contribution in [0.3, 0.4) is 0 Å². The van der Waals surface area contributed by atoms with Crippen molar-refractivity contribution in [3.63, 3.8) is 0 Å². The number of hydrogen-bond donors (Lipinski definition) is 2. The van der Waals surface area contributed by atoms with Crippen LogP contribution < -0.4 is 5.32 Å². The number of hydrogen-bond acceptors (Lipinski definition) is 3. The summed E-state index contributed by atoms with van der Waals surface area (Å²) in [7, 11) is 0. The zero-order chi connectivity index (χ0) is 22.2. The zero-order valence-corrected chi connectivity index (χ0v) is 16.8. The molecule has 0 unspecified atom stereocenters. The second-order valence-corrected chi connectivity index (χ2v) is 7.86.